The highest BCUT2D eigenvalue weighted by molar-refractivity contribution is 4.79. The molecule has 1 aliphatic rings. The quantitative estimate of drug-likeness (QED) is 0.691. The number of rotatable bonds is 8. The van der Waals surface area contributed by atoms with Crippen LogP contribution in [0.2, 0.25) is 0 Å². The summed E-state index contributed by atoms with van der Waals surface area (Å²) in [5.41, 5.74) is 0. The number of aliphatic hydroxyl groups is 1. The van der Waals surface area contributed by atoms with Gasteiger partial charge in [-0.25, -0.2) is 0 Å². The van der Waals surface area contributed by atoms with E-state index in [1.54, 1.807) is 0 Å². The molecule has 0 spiro atoms. The van der Waals surface area contributed by atoms with E-state index in [9.17, 15) is 5.11 Å². The van der Waals surface area contributed by atoms with Crippen molar-refractivity contribution in [3.8, 4) is 0 Å². The number of nitrogens with one attached hydrogen (secondary N) is 1. The SMILES string of the molecule is CCN1CCC(N(C)CC(O)CNCC(C)C)CC1. The van der Waals surface area contributed by atoms with Crippen LogP contribution < -0.4 is 5.32 Å². The molecule has 0 amide bonds. The summed E-state index contributed by atoms with van der Waals surface area (Å²) in [6.45, 7) is 12.6. The van der Waals surface area contributed by atoms with Gasteiger partial charge < -0.3 is 20.2 Å². The zero-order chi connectivity index (χ0) is 14.3. The Kier molecular flexibility index (Phi) is 7.91. The molecule has 4 heteroatoms. The second kappa shape index (κ2) is 8.90. The van der Waals surface area contributed by atoms with Gasteiger partial charge in [0.1, 0.15) is 0 Å². The average molecular weight is 271 g/mol. The Bertz CT molecular complexity index is 227. The van der Waals surface area contributed by atoms with Crippen LogP contribution in [0.5, 0.6) is 0 Å². The first kappa shape index (κ1) is 16.9. The monoisotopic (exact) mass is 271 g/mol. The number of likely N-dealkylation sites (tertiary alicyclic amines) is 1. The first-order valence-electron chi connectivity index (χ1n) is 7.84. The fourth-order valence-electron chi connectivity index (χ4n) is 2.76. The van der Waals surface area contributed by atoms with Crippen molar-refractivity contribution in [2.45, 2.75) is 45.8 Å². The van der Waals surface area contributed by atoms with E-state index in [4.69, 9.17) is 0 Å². The van der Waals surface area contributed by atoms with E-state index in [0.717, 1.165) is 19.6 Å². The maximum atomic E-state index is 10.0. The summed E-state index contributed by atoms with van der Waals surface area (Å²) in [6, 6.07) is 0.641. The molecule has 0 bridgehead atoms. The van der Waals surface area contributed by atoms with Gasteiger partial charge in [0.05, 0.1) is 6.10 Å². The molecule has 0 aliphatic carbocycles. The molecular weight excluding hydrogens is 238 g/mol. The van der Waals surface area contributed by atoms with Crippen molar-refractivity contribution in [1.82, 2.24) is 15.1 Å². The zero-order valence-corrected chi connectivity index (χ0v) is 13.2. The molecule has 1 fully saturated rings. The largest absolute Gasteiger partial charge is 0.390 e. The van der Waals surface area contributed by atoms with Crippen molar-refractivity contribution >= 4 is 0 Å². The number of aliphatic hydroxyl groups excluding tert-OH is 1. The molecule has 2 N–H and O–H groups in total. The predicted molar refractivity (Wildman–Crippen MR) is 81.5 cm³/mol. The van der Waals surface area contributed by atoms with Crippen LogP contribution in [0.4, 0.5) is 0 Å². The molecule has 1 atom stereocenters. The summed E-state index contributed by atoms with van der Waals surface area (Å²) in [6.07, 6.45) is 2.21. The van der Waals surface area contributed by atoms with Gasteiger partial charge in [0.2, 0.25) is 0 Å². The first-order chi connectivity index (χ1) is 9.02. The van der Waals surface area contributed by atoms with Gasteiger partial charge in [0.15, 0.2) is 0 Å². The van der Waals surface area contributed by atoms with Crippen LogP contribution in [-0.2, 0) is 0 Å². The Morgan fingerprint density at radius 2 is 1.89 bits per heavy atom. The summed E-state index contributed by atoms with van der Waals surface area (Å²) >= 11 is 0. The molecule has 114 valence electrons. The van der Waals surface area contributed by atoms with Gasteiger partial charge in [-0.05, 0) is 52.0 Å². The normalized spacial score (nSPS) is 20.4. The third kappa shape index (κ3) is 6.70. The van der Waals surface area contributed by atoms with Crippen LogP contribution in [0.3, 0.4) is 0 Å². The van der Waals surface area contributed by atoms with E-state index in [2.05, 4.69) is 42.9 Å². The fourth-order valence-corrected chi connectivity index (χ4v) is 2.76. The molecule has 0 aromatic heterocycles. The van der Waals surface area contributed by atoms with Crippen molar-refractivity contribution in [3.05, 3.63) is 0 Å². The molecular formula is C15H33N3O. The predicted octanol–water partition coefficient (Wildman–Crippen LogP) is 1.01. The molecule has 1 heterocycles. The van der Waals surface area contributed by atoms with E-state index in [1.165, 1.54) is 25.9 Å². The molecule has 19 heavy (non-hydrogen) atoms. The minimum absolute atomic E-state index is 0.257. The van der Waals surface area contributed by atoms with Gasteiger partial charge in [0.25, 0.3) is 0 Å². The van der Waals surface area contributed by atoms with Crippen molar-refractivity contribution in [3.63, 3.8) is 0 Å². The minimum atomic E-state index is -0.257. The number of hydrogen-bond acceptors (Lipinski definition) is 4. The summed E-state index contributed by atoms with van der Waals surface area (Å²) in [5.74, 6) is 0.642. The van der Waals surface area contributed by atoms with Crippen LogP contribution in [0, 0.1) is 5.92 Å². The van der Waals surface area contributed by atoms with E-state index in [0.29, 0.717) is 18.5 Å². The lowest BCUT2D eigenvalue weighted by molar-refractivity contribution is 0.0744. The summed E-state index contributed by atoms with van der Waals surface area (Å²) in [5, 5.41) is 13.4. The Labute approximate surface area is 119 Å². The topological polar surface area (TPSA) is 38.7 Å². The van der Waals surface area contributed by atoms with Crippen molar-refractivity contribution < 1.29 is 5.11 Å². The Morgan fingerprint density at radius 1 is 1.26 bits per heavy atom. The van der Waals surface area contributed by atoms with Gasteiger partial charge in [-0.2, -0.15) is 0 Å². The van der Waals surface area contributed by atoms with Crippen LogP contribution in [0.1, 0.15) is 33.6 Å². The van der Waals surface area contributed by atoms with E-state index >= 15 is 0 Å². The van der Waals surface area contributed by atoms with Gasteiger partial charge in [-0.3, -0.25) is 0 Å². The van der Waals surface area contributed by atoms with Gasteiger partial charge in [-0.1, -0.05) is 20.8 Å². The molecule has 0 saturated carbocycles. The molecule has 1 rings (SSSR count). The van der Waals surface area contributed by atoms with Gasteiger partial charge >= 0.3 is 0 Å². The number of hydrogen-bond donors (Lipinski definition) is 2. The van der Waals surface area contributed by atoms with E-state index < -0.39 is 0 Å². The first-order valence-corrected chi connectivity index (χ1v) is 7.84. The van der Waals surface area contributed by atoms with E-state index in [1.807, 2.05) is 0 Å². The molecule has 0 radical (unpaired) electrons. The molecule has 0 aromatic rings. The smallest absolute Gasteiger partial charge is 0.0791 e. The Morgan fingerprint density at radius 3 is 2.42 bits per heavy atom. The summed E-state index contributed by atoms with van der Waals surface area (Å²) in [4.78, 5) is 4.85. The highest BCUT2D eigenvalue weighted by Gasteiger charge is 2.22. The Balaban J connectivity index is 2.17. The lowest BCUT2D eigenvalue weighted by atomic mass is 10.0. The number of nitrogens with zero attached hydrogens (tertiary/aromatic N) is 2. The lowest BCUT2D eigenvalue weighted by Crippen LogP contribution is -2.47. The second-order valence-corrected chi connectivity index (χ2v) is 6.31. The molecule has 1 saturated heterocycles. The maximum Gasteiger partial charge on any atom is 0.0791 e. The summed E-state index contributed by atoms with van der Waals surface area (Å²) < 4.78 is 0. The zero-order valence-electron chi connectivity index (χ0n) is 13.2. The molecule has 4 nitrogen and oxygen atoms in total. The molecule has 1 aliphatic heterocycles. The minimum Gasteiger partial charge on any atom is -0.390 e. The average Bonchev–Trinajstić information content (AvgIpc) is 2.38. The lowest BCUT2D eigenvalue weighted by Gasteiger charge is -2.37. The third-order valence-corrected chi connectivity index (χ3v) is 4.06. The molecule has 1 unspecified atom stereocenters. The van der Waals surface area contributed by atoms with E-state index in [-0.39, 0.29) is 6.10 Å². The van der Waals surface area contributed by atoms with Crippen molar-refractivity contribution in [2.75, 3.05) is 46.3 Å². The standard InChI is InChI=1S/C15H33N3O/c1-5-18-8-6-14(7-9-18)17(4)12-15(19)11-16-10-13(2)3/h13-16,19H,5-12H2,1-4H3. The van der Waals surface area contributed by atoms with Crippen LogP contribution in [-0.4, -0.2) is 73.4 Å². The van der Waals surface area contributed by atoms with Crippen molar-refractivity contribution in [1.29, 1.82) is 0 Å². The fraction of sp³-hybridized carbons (Fsp3) is 1.00. The van der Waals surface area contributed by atoms with Gasteiger partial charge in [0, 0.05) is 19.1 Å². The van der Waals surface area contributed by atoms with Crippen molar-refractivity contribution in [2.24, 2.45) is 5.92 Å². The Hall–Kier alpha value is -0.160. The van der Waals surface area contributed by atoms with Crippen LogP contribution in [0.15, 0.2) is 0 Å². The highest BCUT2D eigenvalue weighted by Crippen LogP contribution is 2.15. The summed E-state index contributed by atoms with van der Waals surface area (Å²) in [7, 11) is 2.15. The molecule has 0 aromatic carbocycles. The third-order valence-electron chi connectivity index (χ3n) is 4.06. The number of piperidine rings is 1. The van der Waals surface area contributed by atoms with Crippen LogP contribution in [0.25, 0.3) is 0 Å². The van der Waals surface area contributed by atoms with Gasteiger partial charge in [-0.15, -0.1) is 0 Å². The number of likely N-dealkylation sites (N-methyl/N-ethyl adjacent to an activating group) is 1. The van der Waals surface area contributed by atoms with Crippen LogP contribution >= 0.6 is 0 Å². The highest BCUT2D eigenvalue weighted by atomic mass is 16.3. The second-order valence-electron chi connectivity index (χ2n) is 6.31. The maximum absolute atomic E-state index is 10.0.